The predicted octanol–water partition coefficient (Wildman–Crippen LogP) is 1.54. The summed E-state index contributed by atoms with van der Waals surface area (Å²) in [6.45, 7) is 4.97. The van der Waals surface area contributed by atoms with E-state index in [2.05, 4.69) is 12.0 Å². The van der Waals surface area contributed by atoms with E-state index in [0.717, 1.165) is 25.1 Å². The molecule has 106 valence electrons. The molecule has 1 N–H and O–H groups in total. The average molecular weight is 267 g/mol. The Morgan fingerprint density at radius 2 is 2.16 bits per heavy atom. The molecule has 1 aromatic rings. The Morgan fingerprint density at radius 3 is 2.74 bits per heavy atom. The number of aryl methyl sites for hydroxylation is 1. The fourth-order valence-electron chi connectivity index (χ4n) is 1.76. The van der Waals surface area contributed by atoms with Gasteiger partial charge in [-0.2, -0.15) is 5.10 Å². The summed E-state index contributed by atoms with van der Waals surface area (Å²) in [6.07, 6.45) is 3.60. The molecule has 0 saturated heterocycles. The number of unbranched alkanes of at least 4 members (excludes halogenated alkanes) is 1. The van der Waals surface area contributed by atoms with Crippen LogP contribution >= 0.6 is 0 Å². The third-order valence-corrected chi connectivity index (χ3v) is 3.06. The van der Waals surface area contributed by atoms with Gasteiger partial charge >= 0.3 is 5.97 Å². The van der Waals surface area contributed by atoms with Crippen LogP contribution in [-0.4, -0.2) is 45.3 Å². The molecule has 0 fully saturated rings. The first-order chi connectivity index (χ1) is 8.97. The molecule has 0 atom stereocenters. The number of amides is 1. The maximum atomic E-state index is 12.1. The van der Waals surface area contributed by atoms with Crippen LogP contribution in [0.25, 0.3) is 0 Å². The number of carbonyl (C=O) groups excluding carboxylic acids is 1. The van der Waals surface area contributed by atoms with Crippen LogP contribution in [0.4, 0.5) is 0 Å². The molecule has 1 heterocycles. The summed E-state index contributed by atoms with van der Waals surface area (Å²) in [5.41, 5.74) is 1.38. The van der Waals surface area contributed by atoms with Crippen LogP contribution in [0.15, 0.2) is 6.20 Å². The monoisotopic (exact) mass is 267 g/mol. The molecule has 0 saturated carbocycles. The van der Waals surface area contributed by atoms with Crippen molar-refractivity contribution >= 4 is 11.9 Å². The lowest BCUT2D eigenvalue weighted by atomic mass is 10.2. The number of nitrogens with zero attached hydrogens (tertiary/aromatic N) is 3. The zero-order valence-corrected chi connectivity index (χ0v) is 11.7. The fraction of sp³-hybridized carbons (Fsp3) is 0.615. The van der Waals surface area contributed by atoms with Crippen LogP contribution < -0.4 is 0 Å². The number of carboxylic acid groups (broad SMARTS) is 1. The highest BCUT2D eigenvalue weighted by Crippen LogP contribution is 2.11. The third-order valence-electron chi connectivity index (χ3n) is 3.06. The number of hydrogen-bond donors (Lipinski definition) is 1. The van der Waals surface area contributed by atoms with Crippen molar-refractivity contribution in [3.63, 3.8) is 0 Å². The van der Waals surface area contributed by atoms with Gasteiger partial charge < -0.3 is 10.0 Å². The van der Waals surface area contributed by atoms with E-state index < -0.39 is 5.97 Å². The minimum absolute atomic E-state index is 0.0503. The Hall–Kier alpha value is -1.85. The second-order valence-electron chi connectivity index (χ2n) is 4.59. The maximum absolute atomic E-state index is 12.1. The van der Waals surface area contributed by atoms with Crippen molar-refractivity contribution in [2.75, 3.05) is 13.6 Å². The van der Waals surface area contributed by atoms with E-state index in [9.17, 15) is 9.59 Å². The summed E-state index contributed by atoms with van der Waals surface area (Å²) < 4.78 is 1.82. The first-order valence-electron chi connectivity index (χ1n) is 6.47. The molecule has 6 nitrogen and oxygen atoms in total. The van der Waals surface area contributed by atoms with Crippen LogP contribution in [0.3, 0.4) is 0 Å². The number of aromatic nitrogens is 2. The van der Waals surface area contributed by atoms with Gasteiger partial charge in [-0.05, 0) is 13.3 Å². The lowest BCUT2D eigenvalue weighted by molar-refractivity contribution is -0.137. The van der Waals surface area contributed by atoms with E-state index in [-0.39, 0.29) is 18.9 Å². The van der Waals surface area contributed by atoms with E-state index in [0.29, 0.717) is 5.56 Å². The summed E-state index contributed by atoms with van der Waals surface area (Å²) >= 11 is 0. The van der Waals surface area contributed by atoms with E-state index in [4.69, 9.17) is 5.11 Å². The van der Waals surface area contributed by atoms with Gasteiger partial charge in [0.15, 0.2) is 0 Å². The number of rotatable bonds is 7. The molecule has 0 unspecified atom stereocenters. The van der Waals surface area contributed by atoms with Gasteiger partial charge in [0.05, 0.1) is 18.2 Å². The number of carbonyl (C=O) groups is 2. The normalized spacial score (nSPS) is 10.5. The molecule has 1 rings (SSSR count). The van der Waals surface area contributed by atoms with Gasteiger partial charge in [0.25, 0.3) is 5.91 Å². The molecule has 1 amide bonds. The predicted molar refractivity (Wildman–Crippen MR) is 71.1 cm³/mol. The molecular formula is C13H21N3O3. The van der Waals surface area contributed by atoms with Gasteiger partial charge in [-0.3, -0.25) is 14.3 Å². The number of hydrogen-bond acceptors (Lipinski definition) is 3. The summed E-state index contributed by atoms with van der Waals surface area (Å²) in [5.74, 6) is -1.09. The molecule has 0 aliphatic rings. The van der Waals surface area contributed by atoms with Crippen LogP contribution in [0.2, 0.25) is 0 Å². The van der Waals surface area contributed by atoms with E-state index in [1.54, 1.807) is 13.2 Å². The van der Waals surface area contributed by atoms with E-state index in [1.165, 1.54) is 4.90 Å². The second kappa shape index (κ2) is 6.92. The van der Waals surface area contributed by atoms with Crippen molar-refractivity contribution in [1.82, 2.24) is 14.7 Å². The molecular weight excluding hydrogens is 246 g/mol. The molecule has 0 aliphatic heterocycles. The number of aliphatic carboxylic acids is 1. The van der Waals surface area contributed by atoms with Crippen LogP contribution in [0, 0.1) is 6.92 Å². The van der Waals surface area contributed by atoms with Crippen molar-refractivity contribution in [3.05, 3.63) is 17.5 Å². The molecule has 0 radical (unpaired) electrons. The Labute approximate surface area is 113 Å². The molecule has 0 spiro atoms. The van der Waals surface area contributed by atoms with Crippen molar-refractivity contribution < 1.29 is 14.7 Å². The van der Waals surface area contributed by atoms with E-state index >= 15 is 0 Å². The first-order valence-corrected chi connectivity index (χ1v) is 6.47. The smallest absolute Gasteiger partial charge is 0.305 e. The lowest BCUT2D eigenvalue weighted by Gasteiger charge is -2.15. The molecule has 0 aliphatic carbocycles. The van der Waals surface area contributed by atoms with Crippen LogP contribution in [-0.2, 0) is 11.3 Å². The summed E-state index contributed by atoms with van der Waals surface area (Å²) in [4.78, 5) is 24.1. The highest BCUT2D eigenvalue weighted by molar-refractivity contribution is 5.95. The first kappa shape index (κ1) is 15.2. The Balaban J connectivity index is 2.71. The van der Waals surface area contributed by atoms with Crippen LogP contribution in [0.5, 0.6) is 0 Å². The summed E-state index contributed by atoms with van der Waals surface area (Å²) in [7, 11) is 1.61. The highest BCUT2D eigenvalue weighted by atomic mass is 16.4. The SMILES string of the molecule is CCCCn1ncc(C(=O)N(C)CCC(=O)O)c1C. The minimum Gasteiger partial charge on any atom is -0.481 e. The molecule has 0 aromatic carbocycles. The summed E-state index contributed by atoms with van der Waals surface area (Å²) in [6, 6.07) is 0. The standard InChI is InChI=1S/C13H21N3O3/c1-4-5-7-16-10(2)11(9-14-16)13(19)15(3)8-6-12(17)18/h9H,4-8H2,1-3H3,(H,17,18). The molecule has 19 heavy (non-hydrogen) atoms. The third kappa shape index (κ3) is 4.08. The highest BCUT2D eigenvalue weighted by Gasteiger charge is 2.18. The van der Waals surface area contributed by atoms with Crippen molar-refractivity contribution in [2.24, 2.45) is 0 Å². The minimum atomic E-state index is -0.907. The number of carboxylic acids is 1. The van der Waals surface area contributed by atoms with Gasteiger partial charge in [0.1, 0.15) is 0 Å². The van der Waals surface area contributed by atoms with E-state index in [1.807, 2.05) is 11.6 Å². The van der Waals surface area contributed by atoms with Crippen molar-refractivity contribution in [3.8, 4) is 0 Å². The zero-order chi connectivity index (χ0) is 14.4. The van der Waals surface area contributed by atoms with Gasteiger partial charge in [-0.25, -0.2) is 0 Å². The second-order valence-corrected chi connectivity index (χ2v) is 4.59. The van der Waals surface area contributed by atoms with Gasteiger partial charge in [-0.1, -0.05) is 13.3 Å². The average Bonchev–Trinajstić information content (AvgIpc) is 2.73. The van der Waals surface area contributed by atoms with Gasteiger partial charge in [0.2, 0.25) is 0 Å². The Morgan fingerprint density at radius 1 is 1.47 bits per heavy atom. The summed E-state index contributed by atoms with van der Waals surface area (Å²) in [5, 5.41) is 12.8. The van der Waals surface area contributed by atoms with Crippen molar-refractivity contribution in [2.45, 2.75) is 39.7 Å². The largest absolute Gasteiger partial charge is 0.481 e. The lowest BCUT2D eigenvalue weighted by Crippen LogP contribution is -2.29. The van der Waals surface area contributed by atoms with Gasteiger partial charge in [0, 0.05) is 25.8 Å². The topological polar surface area (TPSA) is 75.4 Å². The van der Waals surface area contributed by atoms with Crippen molar-refractivity contribution in [1.29, 1.82) is 0 Å². The molecule has 0 bridgehead atoms. The zero-order valence-electron chi connectivity index (χ0n) is 11.7. The quantitative estimate of drug-likeness (QED) is 0.813. The maximum Gasteiger partial charge on any atom is 0.305 e. The molecule has 1 aromatic heterocycles. The Bertz CT molecular complexity index is 454. The van der Waals surface area contributed by atoms with Gasteiger partial charge in [-0.15, -0.1) is 0 Å². The fourth-order valence-corrected chi connectivity index (χ4v) is 1.76. The van der Waals surface area contributed by atoms with Crippen LogP contribution in [0.1, 0.15) is 42.2 Å². The Kier molecular flexibility index (Phi) is 5.54. The molecule has 6 heteroatoms.